The van der Waals surface area contributed by atoms with Crippen LogP contribution in [0.5, 0.6) is 11.5 Å². The van der Waals surface area contributed by atoms with Crippen molar-refractivity contribution in [3.63, 3.8) is 0 Å². The van der Waals surface area contributed by atoms with Crippen molar-refractivity contribution in [3.05, 3.63) is 59.7 Å². The van der Waals surface area contributed by atoms with Crippen molar-refractivity contribution >= 4 is 0 Å². The summed E-state index contributed by atoms with van der Waals surface area (Å²) in [5.41, 5.74) is 1.10. The lowest BCUT2D eigenvalue weighted by Crippen LogP contribution is -2.54. The third kappa shape index (κ3) is 7.51. The highest BCUT2D eigenvalue weighted by Crippen LogP contribution is 2.41. The van der Waals surface area contributed by atoms with Crippen LogP contribution < -0.4 is 14.8 Å². The average molecular weight is 478 g/mol. The number of ether oxygens (including phenoxy) is 3. The molecule has 11 heteroatoms. The Morgan fingerprint density at radius 2 is 1.61 bits per heavy atom. The molecule has 1 aliphatic heterocycles. The number of rotatable bonds is 10. The van der Waals surface area contributed by atoms with Crippen LogP contribution in [0, 0.1) is 0 Å². The third-order valence-electron chi connectivity index (χ3n) is 5.28. The first-order valence-corrected chi connectivity index (χ1v) is 10.2. The summed E-state index contributed by atoms with van der Waals surface area (Å²) in [7, 11) is 1.58. The molecular weight excluding hydrogens is 454 g/mol. The molecule has 0 radical (unpaired) electrons. The Hall–Kier alpha value is -2.50. The van der Waals surface area contributed by atoms with Gasteiger partial charge in [-0.3, -0.25) is 4.90 Å². The molecule has 0 unspecified atom stereocenters. The largest absolute Gasteiger partial charge is 0.573 e. The summed E-state index contributed by atoms with van der Waals surface area (Å²) < 4.78 is 88.8. The smallest absolute Gasteiger partial charge is 0.406 e. The van der Waals surface area contributed by atoms with Gasteiger partial charge in [-0.2, -0.15) is 0 Å². The van der Waals surface area contributed by atoms with Gasteiger partial charge in [0.05, 0.1) is 6.61 Å². The van der Waals surface area contributed by atoms with E-state index in [1.54, 1.807) is 19.2 Å². The van der Waals surface area contributed by atoms with Gasteiger partial charge in [-0.1, -0.05) is 30.3 Å². The first kappa shape index (κ1) is 25.1. The molecule has 1 N–H and O–H groups in total. The molecule has 0 amide bonds. The maximum atomic E-state index is 12.8. The van der Waals surface area contributed by atoms with Crippen LogP contribution in [0.15, 0.2) is 48.5 Å². The lowest BCUT2D eigenvalue weighted by atomic mass is 9.86. The molecule has 2 atom stereocenters. The fourth-order valence-corrected chi connectivity index (χ4v) is 3.80. The zero-order valence-corrected chi connectivity index (χ0v) is 17.7. The summed E-state index contributed by atoms with van der Waals surface area (Å²) in [6.07, 6.45) is -8.92. The number of benzene rings is 2. The van der Waals surface area contributed by atoms with Crippen LogP contribution in [-0.4, -0.2) is 50.5 Å². The number of methoxy groups -OCH3 is 1. The molecule has 0 spiro atoms. The van der Waals surface area contributed by atoms with Gasteiger partial charge in [0.2, 0.25) is 0 Å². The lowest BCUT2D eigenvalue weighted by Gasteiger charge is -2.49. The fraction of sp³-hybridized carbons (Fsp3) is 0.455. The molecular formula is C22H24F6N2O3. The summed E-state index contributed by atoms with van der Waals surface area (Å²) in [6.45, 7) is 1.88. The Kier molecular flexibility index (Phi) is 8.09. The Balaban J connectivity index is 1.76. The standard InChI is InChI=1S/C22H24F6N2O3/c1-31-11-10-29-13-17-12-19(15-6-8-18(9-7-15)32-21(23,24)25)30(17)14-16-4-2-3-5-20(16)33-22(26,27)28/h2-9,17,19,29H,10-14H2,1H3/t17-,19+/m0/s1. The Bertz CT molecular complexity index is 889. The average Bonchev–Trinajstić information content (AvgIpc) is 2.71. The summed E-state index contributed by atoms with van der Waals surface area (Å²) in [6, 6.07) is 11.3. The van der Waals surface area contributed by atoms with Gasteiger partial charge in [0.1, 0.15) is 11.5 Å². The SMILES string of the molecule is COCCNC[C@@H]1C[C@H](c2ccc(OC(F)(F)F)cc2)N1Cc1ccccc1OC(F)(F)F. The Labute approximate surface area is 187 Å². The molecule has 0 aliphatic carbocycles. The molecule has 1 fully saturated rings. The van der Waals surface area contributed by atoms with Gasteiger partial charge in [-0.25, -0.2) is 0 Å². The number of hydrogen-bond donors (Lipinski definition) is 1. The molecule has 3 rings (SSSR count). The van der Waals surface area contributed by atoms with Crippen molar-refractivity contribution in [2.75, 3.05) is 26.8 Å². The van der Waals surface area contributed by atoms with Crippen LogP contribution in [0.2, 0.25) is 0 Å². The van der Waals surface area contributed by atoms with Gasteiger partial charge in [-0.15, -0.1) is 26.3 Å². The predicted octanol–water partition coefficient (Wildman–Crippen LogP) is 5.04. The highest BCUT2D eigenvalue weighted by molar-refractivity contribution is 5.35. The monoisotopic (exact) mass is 478 g/mol. The van der Waals surface area contributed by atoms with E-state index in [9.17, 15) is 26.3 Å². The number of alkyl halides is 6. The second-order valence-electron chi connectivity index (χ2n) is 7.55. The van der Waals surface area contributed by atoms with Crippen LogP contribution >= 0.6 is 0 Å². The quantitative estimate of drug-likeness (QED) is 0.383. The predicted molar refractivity (Wildman–Crippen MR) is 108 cm³/mol. The Morgan fingerprint density at radius 3 is 2.24 bits per heavy atom. The molecule has 2 aromatic carbocycles. The molecule has 0 bridgehead atoms. The van der Waals surface area contributed by atoms with E-state index in [4.69, 9.17) is 4.74 Å². The maximum Gasteiger partial charge on any atom is 0.573 e. The number of halogens is 6. The summed E-state index contributed by atoms with van der Waals surface area (Å²) in [4.78, 5) is 2.00. The molecule has 182 valence electrons. The molecule has 1 aliphatic rings. The van der Waals surface area contributed by atoms with Gasteiger partial charge in [0.15, 0.2) is 0 Å². The molecule has 0 saturated carbocycles. The van der Waals surface area contributed by atoms with E-state index in [1.807, 2.05) is 4.90 Å². The van der Waals surface area contributed by atoms with Gasteiger partial charge >= 0.3 is 12.7 Å². The van der Waals surface area contributed by atoms with E-state index >= 15 is 0 Å². The van der Waals surface area contributed by atoms with Crippen molar-refractivity contribution in [2.45, 2.75) is 37.8 Å². The minimum absolute atomic E-state index is 0.0110. The number of para-hydroxylation sites is 1. The van der Waals surface area contributed by atoms with Crippen LogP contribution in [0.4, 0.5) is 26.3 Å². The second kappa shape index (κ2) is 10.6. The molecule has 2 aromatic rings. The van der Waals surface area contributed by atoms with Gasteiger partial charge in [-0.05, 0) is 30.2 Å². The second-order valence-corrected chi connectivity index (χ2v) is 7.55. The summed E-state index contributed by atoms with van der Waals surface area (Å²) >= 11 is 0. The number of likely N-dealkylation sites (tertiary alicyclic amines) is 1. The van der Waals surface area contributed by atoms with Crippen LogP contribution in [0.3, 0.4) is 0 Å². The van der Waals surface area contributed by atoms with Crippen LogP contribution in [-0.2, 0) is 11.3 Å². The first-order chi connectivity index (χ1) is 15.6. The Morgan fingerprint density at radius 1 is 0.939 bits per heavy atom. The van der Waals surface area contributed by atoms with Crippen LogP contribution in [0.1, 0.15) is 23.6 Å². The number of nitrogens with one attached hydrogen (secondary N) is 1. The van der Waals surface area contributed by atoms with Gasteiger partial charge in [0, 0.05) is 44.4 Å². The van der Waals surface area contributed by atoms with Crippen molar-refractivity contribution in [1.29, 1.82) is 0 Å². The van der Waals surface area contributed by atoms with Gasteiger partial charge in [0.25, 0.3) is 0 Å². The molecule has 5 nitrogen and oxygen atoms in total. The van der Waals surface area contributed by atoms with E-state index in [1.165, 1.54) is 36.4 Å². The molecule has 33 heavy (non-hydrogen) atoms. The number of nitrogens with zero attached hydrogens (tertiary/aromatic N) is 1. The summed E-state index contributed by atoms with van der Waals surface area (Å²) in [5.74, 6) is -0.616. The zero-order valence-electron chi connectivity index (χ0n) is 17.7. The molecule has 1 saturated heterocycles. The van der Waals surface area contributed by atoms with Crippen molar-refractivity contribution < 1.29 is 40.6 Å². The first-order valence-electron chi connectivity index (χ1n) is 10.2. The minimum atomic E-state index is -4.82. The highest BCUT2D eigenvalue weighted by Gasteiger charge is 2.40. The fourth-order valence-electron chi connectivity index (χ4n) is 3.80. The molecule has 0 aromatic heterocycles. The topological polar surface area (TPSA) is 43.0 Å². The van der Waals surface area contributed by atoms with E-state index in [0.29, 0.717) is 31.7 Å². The zero-order chi connectivity index (χ0) is 24.1. The molecule has 1 heterocycles. The van der Waals surface area contributed by atoms with Gasteiger partial charge < -0.3 is 19.5 Å². The van der Waals surface area contributed by atoms with E-state index in [0.717, 1.165) is 5.56 Å². The maximum absolute atomic E-state index is 12.8. The van der Waals surface area contributed by atoms with Crippen molar-refractivity contribution in [3.8, 4) is 11.5 Å². The normalized spacial score (nSPS) is 19.2. The van der Waals surface area contributed by atoms with E-state index in [2.05, 4.69) is 14.8 Å². The lowest BCUT2D eigenvalue weighted by molar-refractivity contribution is -0.275. The highest BCUT2D eigenvalue weighted by atomic mass is 19.4. The summed E-state index contributed by atoms with van der Waals surface area (Å²) in [5, 5.41) is 3.24. The third-order valence-corrected chi connectivity index (χ3v) is 5.28. The number of hydrogen-bond acceptors (Lipinski definition) is 5. The van der Waals surface area contributed by atoms with Crippen LogP contribution in [0.25, 0.3) is 0 Å². The minimum Gasteiger partial charge on any atom is -0.406 e. The van der Waals surface area contributed by atoms with E-state index < -0.39 is 12.7 Å². The van der Waals surface area contributed by atoms with E-state index in [-0.39, 0.29) is 30.1 Å². The van der Waals surface area contributed by atoms with Crippen molar-refractivity contribution in [2.24, 2.45) is 0 Å². The van der Waals surface area contributed by atoms with Crippen molar-refractivity contribution in [1.82, 2.24) is 10.2 Å².